The molecule has 3 fully saturated rings. The standard InChI is InChI=1S/C27H32BrF2N5O3/c1-26(2,3)38-25(36)35-17-5-6-18(35)14-33(13-17)23-19-7-8-20(28)21(30)22(19)31-24(32-23)37-15-27-9-4-10-34(27)12-16(29)11-27/h5-8,16-18H,4,9-15H2,1-3H3/t16-,17?,18?,27+/m1/s1. The average Bonchev–Trinajstić information content (AvgIpc) is 3.46. The first-order valence-electron chi connectivity index (χ1n) is 13.2. The van der Waals surface area contributed by atoms with Crippen LogP contribution in [-0.2, 0) is 4.74 Å². The molecular weight excluding hydrogens is 560 g/mol. The first-order valence-corrected chi connectivity index (χ1v) is 13.9. The Morgan fingerprint density at radius 2 is 1.92 bits per heavy atom. The van der Waals surface area contributed by atoms with Gasteiger partial charge in [-0.2, -0.15) is 9.97 Å². The fourth-order valence-corrected chi connectivity index (χ4v) is 6.64. The number of anilines is 1. The quantitative estimate of drug-likeness (QED) is 0.471. The smallest absolute Gasteiger partial charge is 0.411 e. The van der Waals surface area contributed by atoms with E-state index in [1.165, 1.54) is 0 Å². The van der Waals surface area contributed by atoms with Crippen LogP contribution < -0.4 is 9.64 Å². The Bertz CT molecular complexity index is 1290. The summed E-state index contributed by atoms with van der Waals surface area (Å²) in [4.78, 5) is 28.1. The van der Waals surface area contributed by atoms with Gasteiger partial charge in [-0.05, 0) is 68.2 Å². The third-order valence-corrected chi connectivity index (χ3v) is 8.55. The van der Waals surface area contributed by atoms with Gasteiger partial charge in [-0.3, -0.25) is 9.80 Å². The molecule has 4 atom stereocenters. The van der Waals surface area contributed by atoms with Gasteiger partial charge in [-0.15, -0.1) is 0 Å². The number of rotatable bonds is 4. The van der Waals surface area contributed by atoms with Gasteiger partial charge in [0, 0.05) is 31.4 Å². The number of benzene rings is 1. The third-order valence-electron chi connectivity index (χ3n) is 7.94. The summed E-state index contributed by atoms with van der Waals surface area (Å²) in [5.41, 5.74) is -0.802. The number of aromatic nitrogens is 2. The van der Waals surface area contributed by atoms with Gasteiger partial charge in [0.2, 0.25) is 0 Å². The first kappa shape index (κ1) is 25.7. The van der Waals surface area contributed by atoms with Crippen molar-refractivity contribution in [3.63, 3.8) is 0 Å². The number of piperazine rings is 1. The van der Waals surface area contributed by atoms with Crippen LogP contribution in [-0.4, -0.2) is 88.0 Å². The maximum atomic E-state index is 15.3. The molecule has 1 aromatic heterocycles. The van der Waals surface area contributed by atoms with Gasteiger partial charge in [0.1, 0.15) is 29.7 Å². The summed E-state index contributed by atoms with van der Waals surface area (Å²) in [5.74, 6) is 0.0596. The second kappa shape index (κ2) is 9.29. The van der Waals surface area contributed by atoms with Crippen LogP contribution in [0.2, 0.25) is 0 Å². The van der Waals surface area contributed by atoms with Gasteiger partial charge in [0.15, 0.2) is 5.82 Å². The summed E-state index contributed by atoms with van der Waals surface area (Å²) in [6.07, 6.45) is 5.07. The van der Waals surface area contributed by atoms with Crippen molar-refractivity contribution in [3.05, 3.63) is 34.6 Å². The SMILES string of the molecule is CC(C)(C)OC(=O)N1C2C=CC1CN(c1nc(OC[C@@]34CCCN3C[C@H](F)C4)nc3c(F)c(Br)ccc13)C2. The fraction of sp³-hybridized carbons (Fsp3) is 0.593. The number of nitrogens with zero attached hydrogens (tertiary/aromatic N) is 5. The van der Waals surface area contributed by atoms with Crippen molar-refractivity contribution in [3.8, 4) is 6.01 Å². The van der Waals surface area contributed by atoms with E-state index in [9.17, 15) is 9.18 Å². The van der Waals surface area contributed by atoms with Crippen molar-refractivity contribution < 1.29 is 23.0 Å². The van der Waals surface area contributed by atoms with Crippen molar-refractivity contribution in [1.29, 1.82) is 0 Å². The molecule has 0 N–H and O–H groups in total. The van der Waals surface area contributed by atoms with E-state index in [4.69, 9.17) is 14.5 Å². The summed E-state index contributed by atoms with van der Waals surface area (Å²) in [7, 11) is 0. The number of halogens is 3. The van der Waals surface area contributed by atoms with E-state index in [1.54, 1.807) is 17.0 Å². The van der Waals surface area contributed by atoms with Gasteiger partial charge >= 0.3 is 12.1 Å². The molecular formula is C27H32BrF2N5O3. The summed E-state index contributed by atoms with van der Waals surface area (Å²) in [6, 6.07) is 3.10. The predicted molar refractivity (Wildman–Crippen MR) is 143 cm³/mol. The summed E-state index contributed by atoms with van der Waals surface area (Å²) < 4.78 is 41.6. The number of alkyl halides is 1. The van der Waals surface area contributed by atoms with E-state index >= 15 is 4.39 Å². The Morgan fingerprint density at radius 1 is 1.18 bits per heavy atom. The number of fused-ring (bicyclic) bond motifs is 4. The van der Waals surface area contributed by atoms with Gasteiger partial charge in [-0.25, -0.2) is 13.6 Å². The van der Waals surface area contributed by atoms with Crippen LogP contribution in [0.25, 0.3) is 10.9 Å². The number of ether oxygens (including phenoxy) is 2. The molecule has 2 bridgehead atoms. The highest BCUT2D eigenvalue weighted by Crippen LogP contribution is 2.41. The van der Waals surface area contributed by atoms with Gasteiger partial charge in [-0.1, -0.05) is 12.2 Å². The van der Waals surface area contributed by atoms with Crippen molar-refractivity contribution >= 4 is 38.7 Å². The van der Waals surface area contributed by atoms with Crippen LogP contribution in [0.4, 0.5) is 19.4 Å². The Hall–Kier alpha value is -2.53. The minimum absolute atomic E-state index is 0.0721. The lowest BCUT2D eigenvalue weighted by atomic mass is 9.95. The van der Waals surface area contributed by atoms with Crippen molar-refractivity contribution in [2.24, 2.45) is 0 Å². The number of carbonyl (C=O) groups excluding carboxylic acids is 1. The number of hydrogen-bond acceptors (Lipinski definition) is 7. The van der Waals surface area contributed by atoms with Crippen LogP contribution in [0.3, 0.4) is 0 Å². The van der Waals surface area contributed by atoms with Crippen molar-refractivity contribution in [2.75, 3.05) is 37.7 Å². The molecule has 204 valence electrons. The Morgan fingerprint density at radius 3 is 2.63 bits per heavy atom. The maximum absolute atomic E-state index is 15.3. The second-order valence-corrected chi connectivity index (χ2v) is 12.6. The minimum atomic E-state index is -0.871. The van der Waals surface area contributed by atoms with Crippen LogP contribution in [0.5, 0.6) is 6.01 Å². The molecule has 38 heavy (non-hydrogen) atoms. The molecule has 11 heteroatoms. The molecule has 2 unspecified atom stereocenters. The average molecular weight is 592 g/mol. The molecule has 1 amide bonds. The fourth-order valence-electron chi connectivity index (χ4n) is 6.32. The van der Waals surface area contributed by atoms with Crippen LogP contribution >= 0.6 is 15.9 Å². The first-order chi connectivity index (χ1) is 18.0. The van der Waals surface area contributed by atoms with E-state index < -0.39 is 17.6 Å². The highest BCUT2D eigenvalue weighted by atomic mass is 79.9. The van der Waals surface area contributed by atoms with E-state index in [2.05, 4.69) is 25.8 Å². The minimum Gasteiger partial charge on any atom is -0.461 e. The van der Waals surface area contributed by atoms with E-state index in [-0.39, 0.29) is 41.8 Å². The third kappa shape index (κ3) is 4.51. The van der Waals surface area contributed by atoms with Gasteiger partial charge < -0.3 is 14.4 Å². The lowest BCUT2D eigenvalue weighted by molar-refractivity contribution is 0.0146. The molecule has 0 aliphatic carbocycles. The molecule has 0 saturated carbocycles. The molecule has 6 rings (SSSR count). The Labute approximate surface area is 229 Å². The number of carbonyl (C=O) groups is 1. The van der Waals surface area contributed by atoms with Crippen LogP contribution in [0.15, 0.2) is 28.8 Å². The Kier molecular flexibility index (Phi) is 6.29. The zero-order valence-electron chi connectivity index (χ0n) is 21.8. The zero-order chi connectivity index (χ0) is 26.8. The topological polar surface area (TPSA) is 71.0 Å². The molecule has 0 radical (unpaired) electrons. The van der Waals surface area contributed by atoms with E-state index in [1.807, 2.05) is 37.8 Å². The summed E-state index contributed by atoms with van der Waals surface area (Å²) in [5, 5.41) is 0.563. The predicted octanol–water partition coefficient (Wildman–Crippen LogP) is 4.85. The number of amides is 1. The molecule has 4 aliphatic heterocycles. The normalized spacial score (nSPS) is 28.8. The second-order valence-electron chi connectivity index (χ2n) is 11.8. The molecule has 2 aromatic rings. The van der Waals surface area contributed by atoms with E-state index in [0.29, 0.717) is 41.7 Å². The highest BCUT2D eigenvalue weighted by molar-refractivity contribution is 9.10. The van der Waals surface area contributed by atoms with Crippen LogP contribution in [0.1, 0.15) is 40.0 Å². The number of hydrogen-bond donors (Lipinski definition) is 0. The molecule has 0 spiro atoms. The molecule has 3 saturated heterocycles. The van der Waals surface area contributed by atoms with E-state index in [0.717, 1.165) is 19.4 Å². The molecule has 5 heterocycles. The van der Waals surface area contributed by atoms with Crippen LogP contribution in [0, 0.1) is 5.82 Å². The lowest BCUT2D eigenvalue weighted by Crippen LogP contribution is -2.57. The molecule has 1 aromatic carbocycles. The zero-order valence-corrected chi connectivity index (χ0v) is 23.4. The van der Waals surface area contributed by atoms with Gasteiger partial charge in [0.05, 0.1) is 22.1 Å². The van der Waals surface area contributed by atoms with Crippen molar-refractivity contribution in [1.82, 2.24) is 19.8 Å². The maximum Gasteiger partial charge on any atom is 0.411 e. The molecule has 4 aliphatic rings. The Balaban J connectivity index is 1.30. The van der Waals surface area contributed by atoms with Gasteiger partial charge in [0.25, 0.3) is 0 Å². The summed E-state index contributed by atoms with van der Waals surface area (Å²) in [6.45, 7) is 8.02. The summed E-state index contributed by atoms with van der Waals surface area (Å²) >= 11 is 3.27. The monoisotopic (exact) mass is 591 g/mol. The lowest BCUT2D eigenvalue weighted by Gasteiger charge is -2.42. The van der Waals surface area contributed by atoms with Crippen molar-refractivity contribution in [2.45, 2.75) is 69.4 Å². The molecule has 8 nitrogen and oxygen atoms in total. The largest absolute Gasteiger partial charge is 0.461 e. The highest BCUT2D eigenvalue weighted by Gasteiger charge is 2.49.